The zero-order chi connectivity index (χ0) is 20.5. The van der Waals surface area contributed by atoms with Crippen LogP contribution in [0.15, 0.2) is 64.6 Å². The summed E-state index contributed by atoms with van der Waals surface area (Å²) in [6.45, 7) is 4.94. The second-order valence-electron chi connectivity index (χ2n) is 7.74. The average Bonchev–Trinajstić information content (AvgIpc) is 3.41. The zero-order valence-electron chi connectivity index (χ0n) is 16.9. The molecular formula is C23H24N4O3. The monoisotopic (exact) mass is 404 g/mol. The van der Waals surface area contributed by atoms with Gasteiger partial charge in [0.25, 0.3) is 0 Å². The van der Waals surface area contributed by atoms with E-state index in [4.69, 9.17) is 9.15 Å². The number of fused-ring (bicyclic) bond motifs is 2. The number of hydrogen-bond acceptors (Lipinski definition) is 6. The molecule has 0 spiro atoms. The molecule has 1 aliphatic rings. The SMILES string of the molecule is CC1CCCN1CCOc1ccc2oc(-c3cc4cccn4cn3)c/c(=N/O)c2c1. The van der Waals surface area contributed by atoms with E-state index in [1.165, 1.54) is 12.8 Å². The van der Waals surface area contributed by atoms with Gasteiger partial charge in [-0.15, -0.1) is 0 Å². The Balaban J connectivity index is 1.42. The second kappa shape index (κ2) is 7.84. The summed E-state index contributed by atoms with van der Waals surface area (Å²) in [5, 5.41) is 14.2. The molecule has 0 saturated carbocycles. The third-order valence-corrected chi connectivity index (χ3v) is 5.83. The maximum atomic E-state index is 9.60. The highest BCUT2D eigenvalue weighted by Crippen LogP contribution is 2.25. The molecule has 4 heterocycles. The number of benzene rings is 1. The minimum Gasteiger partial charge on any atom is -0.492 e. The van der Waals surface area contributed by atoms with Gasteiger partial charge in [0.1, 0.15) is 29.0 Å². The lowest BCUT2D eigenvalue weighted by Gasteiger charge is -2.20. The van der Waals surface area contributed by atoms with Crippen LogP contribution in [-0.2, 0) is 0 Å². The summed E-state index contributed by atoms with van der Waals surface area (Å²) >= 11 is 0. The molecule has 7 heteroatoms. The van der Waals surface area contributed by atoms with Gasteiger partial charge < -0.3 is 18.8 Å². The summed E-state index contributed by atoms with van der Waals surface area (Å²) in [4.78, 5) is 6.90. The molecule has 30 heavy (non-hydrogen) atoms. The van der Waals surface area contributed by atoms with Gasteiger partial charge in [-0.25, -0.2) is 4.98 Å². The lowest BCUT2D eigenvalue weighted by atomic mass is 10.2. The van der Waals surface area contributed by atoms with Crippen molar-refractivity contribution >= 4 is 16.5 Å². The van der Waals surface area contributed by atoms with Crippen LogP contribution in [0.5, 0.6) is 5.75 Å². The van der Waals surface area contributed by atoms with Crippen molar-refractivity contribution in [2.24, 2.45) is 5.16 Å². The Labute approximate surface area is 173 Å². The molecule has 4 aromatic rings. The highest BCUT2D eigenvalue weighted by atomic mass is 16.5. The summed E-state index contributed by atoms with van der Waals surface area (Å²) < 4.78 is 13.9. The van der Waals surface area contributed by atoms with Crippen LogP contribution in [0.1, 0.15) is 19.8 Å². The summed E-state index contributed by atoms with van der Waals surface area (Å²) in [6, 6.07) is 13.8. The number of nitrogens with zero attached hydrogens (tertiary/aromatic N) is 4. The molecule has 1 N–H and O–H groups in total. The Hall–Kier alpha value is -3.32. The van der Waals surface area contributed by atoms with Gasteiger partial charge >= 0.3 is 0 Å². The van der Waals surface area contributed by atoms with E-state index in [-0.39, 0.29) is 0 Å². The highest BCUT2D eigenvalue weighted by molar-refractivity contribution is 5.80. The van der Waals surface area contributed by atoms with E-state index in [0.717, 1.165) is 24.4 Å². The molecule has 7 nitrogen and oxygen atoms in total. The van der Waals surface area contributed by atoms with Crippen LogP contribution in [0.3, 0.4) is 0 Å². The summed E-state index contributed by atoms with van der Waals surface area (Å²) in [5.74, 6) is 1.27. The van der Waals surface area contributed by atoms with Gasteiger partial charge in [0.15, 0.2) is 5.76 Å². The molecule has 3 aromatic heterocycles. The average molecular weight is 404 g/mol. The quantitative estimate of drug-likeness (QED) is 0.403. The topological polar surface area (TPSA) is 75.5 Å². The minimum atomic E-state index is 0.418. The maximum Gasteiger partial charge on any atom is 0.155 e. The summed E-state index contributed by atoms with van der Waals surface area (Å²) in [5.41, 5.74) is 2.29. The Bertz CT molecular complexity index is 1260. The lowest BCUT2D eigenvalue weighted by molar-refractivity contribution is 0.205. The third kappa shape index (κ3) is 3.52. The van der Waals surface area contributed by atoms with Gasteiger partial charge in [0.05, 0.1) is 11.7 Å². The van der Waals surface area contributed by atoms with E-state index in [0.29, 0.717) is 40.4 Å². The van der Waals surface area contributed by atoms with E-state index in [1.54, 1.807) is 12.4 Å². The largest absolute Gasteiger partial charge is 0.492 e. The summed E-state index contributed by atoms with van der Waals surface area (Å²) in [7, 11) is 0. The van der Waals surface area contributed by atoms with E-state index >= 15 is 0 Å². The Kier molecular flexibility index (Phi) is 4.88. The first-order valence-corrected chi connectivity index (χ1v) is 10.3. The second-order valence-corrected chi connectivity index (χ2v) is 7.74. The van der Waals surface area contributed by atoms with Crippen LogP contribution in [-0.4, -0.2) is 45.2 Å². The van der Waals surface area contributed by atoms with E-state index in [9.17, 15) is 5.21 Å². The number of rotatable bonds is 5. The fourth-order valence-corrected chi connectivity index (χ4v) is 4.12. The normalized spacial score (nSPS) is 17.9. The molecule has 0 radical (unpaired) electrons. The molecule has 0 bridgehead atoms. The fourth-order valence-electron chi connectivity index (χ4n) is 4.12. The van der Waals surface area contributed by atoms with E-state index < -0.39 is 0 Å². The van der Waals surface area contributed by atoms with E-state index in [2.05, 4.69) is 22.0 Å². The predicted octanol–water partition coefficient (Wildman–Crippen LogP) is 3.90. The Morgan fingerprint density at radius 3 is 3.03 bits per heavy atom. The van der Waals surface area contributed by atoms with Gasteiger partial charge in [-0.2, -0.15) is 0 Å². The van der Waals surface area contributed by atoms with Crippen molar-refractivity contribution in [2.75, 3.05) is 19.7 Å². The number of ether oxygens (including phenoxy) is 1. The van der Waals surface area contributed by atoms with Crippen LogP contribution < -0.4 is 10.1 Å². The molecule has 154 valence electrons. The minimum absolute atomic E-state index is 0.418. The predicted molar refractivity (Wildman–Crippen MR) is 114 cm³/mol. The number of likely N-dealkylation sites (tertiary alicyclic amines) is 1. The van der Waals surface area contributed by atoms with Gasteiger partial charge in [0, 0.05) is 30.4 Å². The van der Waals surface area contributed by atoms with Crippen LogP contribution in [0, 0.1) is 0 Å². The van der Waals surface area contributed by atoms with Gasteiger partial charge in [-0.05, 0) is 62.7 Å². The van der Waals surface area contributed by atoms with Crippen molar-refractivity contribution in [2.45, 2.75) is 25.8 Å². The first kappa shape index (κ1) is 18.7. The number of hydrogen-bond donors (Lipinski definition) is 1. The Morgan fingerprint density at radius 2 is 2.20 bits per heavy atom. The molecule has 1 unspecified atom stereocenters. The molecule has 1 fully saturated rings. The van der Waals surface area contributed by atoms with Crippen LogP contribution in [0.25, 0.3) is 27.9 Å². The zero-order valence-corrected chi connectivity index (χ0v) is 16.9. The first-order chi connectivity index (χ1) is 14.7. The van der Waals surface area contributed by atoms with Crippen molar-refractivity contribution in [3.05, 3.63) is 60.3 Å². The molecule has 5 rings (SSSR count). The molecule has 1 atom stereocenters. The molecule has 1 saturated heterocycles. The smallest absolute Gasteiger partial charge is 0.155 e. The Morgan fingerprint density at radius 1 is 1.27 bits per heavy atom. The lowest BCUT2D eigenvalue weighted by Crippen LogP contribution is -2.31. The standard InChI is InChI=1S/C23H24N4O3/c1-16-4-2-8-26(16)10-11-29-18-6-7-22-19(13-18)20(25-28)14-23(30-22)21-12-17-5-3-9-27(17)15-24-21/h3,5-7,9,12-16,28H,2,4,8,10-11H2,1H3/b25-20-. The van der Waals surface area contributed by atoms with Crippen LogP contribution >= 0.6 is 0 Å². The number of aromatic nitrogens is 2. The maximum absolute atomic E-state index is 9.60. The van der Waals surface area contributed by atoms with Crippen molar-refractivity contribution in [1.82, 2.24) is 14.3 Å². The van der Waals surface area contributed by atoms with Gasteiger partial charge in [-0.1, -0.05) is 5.16 Å². The highest BCUT2D eigenvalue weighted by Gasteiger charge is 2.19. The van der Waals surface area contributed by atoms with Crippen molar-refractivity contribution in [3.63, 3.8) is 0 Å². The third-order valence-electron chi connectivity index (χ3n) is 5.83. The van der Waals surface area contributed by atoms with Crippen molar-refractivity contribution < 1.29 is 14.4 Å². The van der Waals surface area contributed by atoms with Gasteiger partial charge in [0.2, 0.25) is 0 Å². The van der Waals surface area contributed by atoms with Crippen LogP contribution in [0.4, 0.5) is 0 Å². The van der Waals surface area contributed by atoms with Gasteiger partial charge in [-0.3, -0.25) is 4.90 Å². The summed E-state index contributed by atoms with van der Waals surface area (Å²) in [6.07, 6.45) is 6.19. The molecule has 1 aliphatic heterocycles. The first-order valence-electron chi connectivity index (χ1n) is 10.3. The molecule has 1 aromatic carbocycles. The van der Waals surface area contributed by atoms with Crippen LogP contribution in [0.2, 0.25) is 0 Å². The van der Waals surface area contributed by atoms with Crippen molar-refractivity contribution in [1.29, 1.82) is 0 Å². The molecular weight excluding hydrogens is 380 g/mol. The molecule has 0 amide bonds. The van der Waals surface area contributed by atoms with E-state index in [1.807, 2.05) is 47.0 Å². The van der Waals surface area contributed by atoms with Crippen molar-refractivity contribution in [3.8, 4) is 17.2 Å². The fraction of sp³-hybridized carbons (Fsp3) is 0.304. The molecule has 0 aliphatic carbocycles.